The molecule has 1 fully saturated rings. The highest BCUT2D eigenvalue weighted by Crippen LogP contribution is 2.33. The lowest BCUT2D eigenvalue weighted by molar-refractivity contribution is -0.137. The number of amides is 1. The lowest BCUT2D eigenvalue weighted by atomic mass is 10.1. The molecule has 0 aliphatic carbocycles. The number of aliphatic hydroxyl groups excluding tert-OH is 1. The summed E-state index contributed by atoms with van der Waals surface area (Å²) in [4.78, 5) is 43.5. The van der Waals surface area contributed by atoms with E-state index in [1.165, 1.54) is 15.4 Å². The zero-order valence-corrected chi connectivity index (χ0v) is 21.0. The number of nitrogens with zero attached hydrogens (tertiary/aromatic N) is 3. The third-order valence-electron chi connectivity index (χ3n) is 5.65. The Balaban J connectivity index is 1.69. The topological polar surface area (TPSA) is 124 Å². The molecule has 0 radical (unpaired) electrons. The molecule has 1 aliphatic rings. The smallest absolute Gasteiger partial charge is 0.303 e. The summed E-state index contributed by atoms with van der Waals surface area (Å²) in [6.07, 6.45) is 2.40. The Kier molecular flexibility index (Phi) is 7.82. The SMILES string of the molecule is Cc1cccn2c(=O)c(/C=C3\SC(=S)N(CCCC(=O)O)C3=O)c(NC[C@H](O)c3ccccc3)nc12. The van der Waals surface area contributed by atoms with Crippen molar-refractivity contribution < 1.29 is 19.8 Å². The van der Waals surface area contributed by atoms with Crippen LogP contribution in [0.4, 0.5) is 5.82 Å². The van der Waals surface area contributed by atoms with Crippen LogP contribution >= 0.6 is 24.0 Å². The summed E-state index contributed by atoms with van der Waals surface area (Å²) < 4.78 is 1.71. The average molecular weight is 525 g/mol. The van der Waals surface area contributed by atoms with Gasteiger partial charge in [0.15, 0.2) is 0 Å². The molecular weight excluding hydrogens is 500 g/mol. The van der Waals surface area contributed by atoms with Crippen molar-refractivity contribution in [3.05, 3.63) is 80.6 Å². The lowest BCUT2D eigenvalue weighted by Crippen LogP contribution is -2.29. The maximum absolute atomic E-state index is 13.5. The van der Waals surface area contributed by atoms with Gasteiger partial charge in [-0.25, -0.2) is 4.98 Å². The minimum absolute atomic E-state index is 0.0801. The number of aliphatic hydroxyl groups is 1. The molecule has 1 atom stereocenters. The summed E-state index contributed by atoms with van der Waals surface area (Å²) in [6.45, 7) is 2.11. The van der Waals surface area contributed by atoms with Gasteiger partial charge in [0.1, 0.15) is 15.8 Å². The number of anilines is 1. The van der Waals surface area contributed by atoms with Gasteiger partial charge in [0, 0.05) is 25.7 Å². The van der Waals surface area contributed by atoms with Crippen molar-refractivity contribution in [1.29, 1.82) is 0 Å². The van der Waals surface area contributed by atoms with Crippen molar-refractivity contribution in [3.8, 4) is 0 Å². The van der Waals surface area contributed by atoms with Gasteiger partial charge in [-0.2, -0.15) is 0 Å². The van der Waals surface area contributed by atoms with E-state index in [4.69, 9.17) is 17.3 Å². The molecule has 2 aromatic heterocycles. The number of carboxylic acids is 1. The molecule has 1 aliphatic heterocycles. The van der Waals surface area contributed by atoms with Crippen LogP contribution in [0.2, 0.25) is 0 Å². The van der Waals surface area contributed by atoms with Gasteiger partial charge < -0.3 is 15.5 Å². The van der Waals surface area contributed by atoms with Gasteiger partial charge in [0.05, 0.1) is 16.6 Å². The third-order valence-corrected chi connectivity index (χ3v) is 7.03. The number of thiocarbonyl (C=S) groups is 1. The number of rotatable bonds is 9. The Labute approximate surface area is 216 Å². The maximum atomic E-state index is 13.5. The molecule has 4 rings (SSSR count). The number of carbonyl (C=O) groups excluding carboxylic acids is 1. The van der Waals surface area contributed by atoms with Crippen LogP contribution in [0, 0.1) is 6.92 Å². The number of hydrogen-bond donors (Lipinski definition) is 3. The molecule has 1 amide bonds. The Morgan fingerprint density at radius 2 is 1.97 bits per heavy atom. The van der Waals surface area contributed by atoms with Crippen molar-refractivity contribution in [1.82, 2.24) is 14.3 Å². The van der Waals surface area contributed by atoms with Gasteiger partial charge >= 0.3 is 5.97 Å². The van der Waals surface area contributed by atoms with E-state index in [9.17, 15) is 19.5 Å². The fourth-order valence-corrected chi connectivity index (χ4v) is 5.07. The van der Waals surface area contributed by atoms with E-state index >= 15 is 0 Å². The number of fused-ring (bicyclic) bond motifs is 1. The first kappa shape index (κ1) is 25.5. The van der Waals surface area contributed by atoms with Gasteiger partial charge in [0.2, 0.25) is 0 Å². The molecule has 0 unspecified atom stereocenters. The molecular formula is C25H24N4O5S2. The Bertz CT molecular complexity index is 1420. The van der Waals surface area contributed by atoms with Crippen molar-refractivity contribution >= 4 is 57.7 Å². The lowest BCUT2D eigenvalue weighted by Gasteiger charge is -2.15. The molecule has 36 heavy (non-hydrogen) atoms. The summed E-state index contributed by atoms with van der Waals surface area (Å²) in [5.74, 6) is -1.10. The summed E-state index contributed by atoms with van der Waals surface area (Å²) >= 11 is 6.37. The number of pyridine rings is 1. The van der Waals surface area contributed by atoms with Crippen LogP contribution in [0.15, 0.2) is 58.4 Å². The van der Waals surface area contributed by atoms with Crippen LogP contribution in [-0.2, 0) is 9.59 Å². The molecule has 0 spiro atoms. The third kappa shape index (κ3) is 5.48. The van der Waals surface area contributed by atoms with Gasteiger partial charge in [-0.05, 0) is 36.6 Å². The molecule has 1 saturated heterocycles. The Morgan fingerprint density at radius 1 is 1.22 bits per heavy atom. The number of aryl methyl sites for hydroxylation is 1. The van der Waals surface area contributed by atoms with E-state index in [0.29, 0.717) is 15.5 Å². The summed E-state index contributed by atoms with van der Waals surface area (Å²) in [6, 6.07) is 12.7. The largest absolute Gasteiger partial charge is 0.481 e. The van der Waals surface area contributed by atoms with Crippen molar-refractivity contribution in [3.63, 3.8) is 0 Å². The van der Waals surface area contributed by atoms with Crippen LogP contribution in [0.5, 0.6) is 0 Å². The van der Waals surface area contributed by atoms with Crippen LogP contribution < -0.4 is 10.9 Å². The molecule has 9 nitrogen and oxygen atoms in total. The van der Waals surface area contributed by atoms with E-state index in [1.807, 2.05) is 31.2 Å². The fourth-order valence-electron chi connectivity index (χ4n) is 3.78. The number of aromatic nitrogens is 2. The van der Waals surface area contributed by atoms with Crippen molar-refractivity contribution in [2.75, 3.05) is 18.4 Å². The zero-order valence-electron chi connectivity index (χ0n) is 19.4. The van der Waals surface area contributed by atoms with E-state index in [-0.39, 0.29) is 53.7 Å². The molecule has 3 N–H and O–H groups in total. The van der Waals surface area contributed by atoms with Gasteiger partial charge in [-0.15, -0.1) is 0 Å². The van der Waals surface area contributed by atoms with Crippen LogP contribution in [0.3, 0.4) is 0 Å². The molecule has 0 bridgehead atoms. The summed E-state index contributed by atoms with van der Waals surface area (Å²) in [5.41, 5.74) is 1.73. The number of carboxylic acid groups (broad SMARTS) is 1. The molecule has 186 valence electrons. The molecule has 0 saturated carbocycles. The minimum Gasteiger partial charge on any atom is -0.481 e. The summed E-state index contributed by atoms with van der Waals surface area (Å²) in [5, 5.41) is 22.6. The first-order valence-electron chi connectivity index (χ1n) is 11.2. The monoisotopic (exact) mass is 524 g/mol. The summed E-state index contributed by atoms with van der Waals surface area (Å²) in [7, 11) is 0. The van der Waals surface area contributed by atoms with E-state index < -0.39 is 12.1 Å². The maximum Gasteiger partial charge on any atom is 0.303 e. The zero-order chi connectivity index (χ0) is 25.8. The quantitative estimate of drug-likeness (QED) is 0.286. The highest BCUT2D eigenvalue weighted by atomic mass is 32.2. The predicted molar refractivity (Wildman–Crippen MR) is 143 cm³/mol. The first-order chi connectivity index (χ1) is 17.3. The Hall–Kier alpha value is -3.54. The molecule has 1 aromatic carbocycles. The second-order valence-corrected chi connectivity index (χ2v) is 9.88. The standard InChI is InChI=1S/C25H24N4O5S2/c1-15-7-5-11-28-22(15)27-21(26-14-18(30)16-8-3-2-4-9-16)17(23(28)33)13-19-24(34)29(25(35)36-19)12-6-10-20(31)32/h2-5,7-9,11,13,18,26,30H,6,10,12,14H2,1H3,(H,31,32)/b19-13-/t18-/m0/s1. The fraction of sp³-hybridized carbons (Fsp3) is 0.240. The number of carbonyl (C=O) groups is 2. The normalized spacial score (nSPS) is 15.6. The van der Waals surface area contributed by atoms with E-state index in [2.05, 4.69) is 10.3 Å². The van der Waals surface area contributed by atoms with Crippen LogP contribution in [-0.4, -0.2) is 53.8 Å². The van der Waals surface area contributed by atoms with Crippen LogP contribution in [0.1, 0.15) is 35.6 Å². The van der Waals surface area contributed by atoms with Gasteiger partial charge in [-0.3, -0.25) is 23.7 Å². The number of nitrogens with one attached hydrogen (secondary N) is 1. The number of thioether (sulfide) groups is 1. The highest BCUT2D eigenvalue weighted by molar-refractivity contribution is 8.26. The number of hydrogen-bond acceptors (Lipinski definition) is 8. The predicted octanol–water partition coefficient (Wildman–Crippen LogP) is 3.21. The van der Waals surface area contributed by atoms with Gasteiger partial charge in [0.25, 0.3) is 11.5 Å². The highest BCUT2D eigenvalue weighted by Gasteiger charge is 2.32. The van der Waals surface area contributed by atoms with E-state index in [0.717, 1.165) is 17.3 Å². The first-order valence-corrected chi connectivity index (χ1v) is 12.4. The molecule has 11 heteroatoms. The number of benzene rings is 1. The van der Waals surface area contributed by atoms with E-state index in [1.54, 1.807) is 24.4 Å². The molecule has 3 aromatic rings. The average Bonchev–Trinajstić information content (AvgIpc) is 3.12. The van der Waals surface area contributed by atoms with Crippen molar-refractivity contribution in [2.45, 2.75) is 25.9 Å². The molecule has 3 heterocycles. The second kappa shape index (κ2) is 11.0. The van der Waals surface area contributed by atoms with Crippen LogP contribution in [0.25, 0.3) is 11.7 Å². The number of aliphatic carboxylic acids is 1. The Morgan fingerprint density at radius 3 is 2.69 bits per heavy atom. The van der Waals surface area contributed by atoms with Gasteiger partial charge in [-0.1, -0.05) is 60.4 Å². The minimum atomic E-state index is -0.949. The second-order valence-electron chi connectivity index (χ2n) is 8.20. The van der Waals surface area contributed by atoms with Crippen molar-refractivity contribution in [2.24, 2.45) is 0 Å².